The highest BCUT2D eigenvalue weighted by molar-refractivity contribution is 6.18. The van der Waals surface area contributed by atoms with E-state index in [-0.39, 0.29) is 12.6 Å². The Morgan fingerprint density at radius 1 is 1.00 bits per heavy atom. The number of para-hydroxylation sites is 1. The van der Waals surface area contributed by atoms with Crippen LogP contribution in [-0.2, 0) is 11.3 Å². The lowest BCUT2D eigenvalue weighted by Gasteiger charge is -2.20. The van der Waals surface area contributed by atoms with Gasteiger partial charge in [-0.15, -0.1) is 0 Å². The number of allylic oxidation sites excluding steroid dienone is 1. The van der Waals surface area contributed by atoms with Crippen LogP contribution in [0.5, 0.6) is 5.75 Å². The maximum absolute atomic E-state index is 12.9. The van der Waals surface area contributed by atoms with E-state index < -0.39 is 5.60 Å². The summed E-state index contributed by atoms with van der Waals surface area (Å²) in [7, 11) is 1.71. The van der Waals surface area contributed by atoms with E-state index in [4.69, 9.17) is 15.2 Å². The first kappa shape index (κ1) is 25.6. The number of hydrogen-bond donors (Lipinski definition) is 1. The van der Waals surface area contributed by atoms with Gasteiger partial charge in [0.1, 0.15) is 18.0 Å². The molecule has 0 amide bonds. The van der Waals surface area contributed by atoms with Crippen LogP contribution in [0.4, 0.5) is 0 Å². The lowest BCUT2D eigenvalue weighted by atomic mass is 10.0. The summed E-state index contributed by atoms with van der Waals surface area (Å²) in [6.07, 6.45) is 5.18. The molecule has 0 aliphatic heterocycles. The number of nitrogens with zero attached hydrogens (tertiary/aromatic N) is 3. The molecule has 0 aliphatic carbocycles. The van der Waals surface area contributed by atoms with Gasteiger partial charge < -0.3 is 15.2 Å². The Morgan fingerprint density at radius 2 is 1.70 bits per heavy atom. The molecule has 7 nitrogen and oxygen atoms in total. The van der Waals surface area contributed by atoms with Crippen LogP contribution in [0.3, 0.4) is 0 Å². The minimum Gasteiger partial charge on any atom is -0.487 e. The van der Waals surface area contributed by atoms with Gasteiger partial charge in [0.15, 0.2) is 0 Å². The summed E-state index contributed by atoms with van der Waals surface area (Å²) < 4.78 is 11.6. The minimum absolute atomic E-state index is 0.191. The maximum atomic E-state index is 12.9. The lowest BCUT2D eigenvalue weighted by Crippen LogP contribution is -2.24. The number of nitrogens with two attached hydrogens (primary N) is 1. The number of ether oxygens (including phenoxy) is 2. The first-order valence-corrected chi connectivity index (χ1v) is 11.9. The standard InChI is InChI=1S/C30H30N4O3/c1-30(2,3)37-29(35)25-17-22(34-27-8-6-5-7-24(25)27)19-36-23-11-9-21(10-12-23)28(31)26(18-32-4)20-13-15-33-16-14-20/h5-18H,19,31H2,1-4H3/b28-26+,32-18?. The van der Waals surface area contributed by atoms with E-state index in [2.05, 4.69) is 15.0 Å². The van der Waals surface area contributed by atoms with E-state index in [9.17, 15) is 4.79 Å². The molecule has 2 heterocycles. The number of carbonyl (C=O) groups is 1. The fourth-order valence-corrected chi connectivity index (χ4v) is 3.81. The molecule has 0 saturated carbocycles. The van der Waals surface area contributed by atoms with Gasteiger partial charge >= 0.3 is 5.97 Å². The highest BCUT2D eigenvalue weighted by Crippen LogP contribution is 2.25. The SMILES string of the molecule is CN=C/C(=C(\N)c1ccc(OCc2cc(C(=O)OC(C)(C)C)c3ccccc3n2)cc1)c1ccncc1. The number of benzene rings is 2. The van der Waals surface area contributed by atoms with E-state index in [1.165, 1.54) is 0 Å². The predicted octanol–water partition coefficient (Wildman–Crippen LogP) is 5.69. The Kier molecular flexibility index (Phi) is 7.63. The van der Waals surface area contributed by atoms with Gasteiger partial charge in [-0.25, -0.2) is 9.78 Å². The number of hydrogen-bond acceptors (Lipinski definition) is 7. The van der Waals surface area contributed by atoms with Crippen LogP contribution in [0.25, 0.3) is 22.2 Å². The van der Waals surface area contributed by atoms with Crippen molar-refractivity contribution >= 4 is 34.4 Å². The molecule has 0 aliphatic rings. The van der Waals surface area contributed by atoms with Crippen molar-refractivity contribution in [2.75, 3.05) is 7.05 Å². The zero-order valence-corrected chi connectivity index (χ0v) is 21.4. The molecular weight excluding hydrogens is 464 g/mol. The van der Waals surface area contributed by atoms with Crippen LogP contribution in [-0.4, -0.2) is 34.8 Å². The second-order valence-corrected chi connectivity index (χ2v) is 9.44. The second kappa shape index (κ2) is 11.0. The quantitative estimate of drug-likeness (QED) is 0.262. The van der Waals surface area contributed by atoms with Crippen LogP contribution in [0.2, 0.25) is 0 Å². The highest BCUT2D eigenvalue weighted by atomic mass is 16.6. The van der Waals surface area contributed by atoms with Gasteiger partial charge in [0, 0.05) is 42.3 Å². The first-order valence-electron chi connectivity index (χ1n) is 11.9. The molecule has 188 valence electrons. The van der Waals surface area contributed by atoms with Gasteiger partial charge in [0.05, 0.1) is 16.8 Å². The van der Waals surface area contributed by atoms with Crippen molar-refractivity contribution in [3.05, 3.63) is 102 Å². The van der Waals surface area contributed by atoms with Crippen LogP contribution < -0.4 is 10.5 Å². The summed E-state index contributed by atoms with van der Waals surface area (Å²) in [5.74, 6) is 0.263. The van der Waals surface area contributed by atoms with Gasteiger partial charge in [-0.1, -0.05) is 18.2 Å². The van der Waals surface area contributed by atoms with E-state index >= 15 is 0 Å². The summed E-state index contributed by atoms with van der Waals surface area (Å²) in [5, 5.41) is 0.743. The Bertz CT molecular complexity index is 1450. The molecule has 0 fully saturated rings. The summed E-state index contributed by atoms with van der Waals surface area (Å²) in [4.78, 5) is 25.8. The van der Waals surface area contributed by atoms with E-state index in [0.717, 1.165) is 22.1 Å². The molecule has 0 bridgehead atoms. The van der Waals surface area contributed by atoms with Gasteiger partial charge in [-0.3, -0.25) is 9.98 Å². The molecule has 2 N–H and O–H groups in total. The Balaban J connectivity index is 1.56. The molecule has 37 heavy (non-hydrogen) atoms. The average molecular weight is 495 g/mol. The zero-order chi connectivity index (χ0) is 26.4. The molecule has 0 spiro atoms. The molecular formula is C30H30N4O3. The fraction of sp³-hybridized carbons (Fsp3) is 0.200. The number of pyridine rings is 2. The van der Waals surface area contributed by atoms with E-state index in [1.807, 2.05) is 81.4 Å². The molecule has 4 rings (SSSR count). The molecule has 7 heteroatoms. The molecule has 2 aromatic heterocycles. The normalized spacial score (nSPS) is 12.4. The number of esters is 1. The van der Waals surface area contributed by atoms with Crippen molar-refractivity contribution in [1.29, 1.82) is 0 Å². The minimum atomic E-state index is -0.601. The maximum Gasteiger partial charge on any atom is 0.339 e. The summed E-state index contributed by atoms with van der Waals surface area (Å²) in [6.45, 7) is 5.73. The molecule has 0 saturated heterocycles. The van der Waals surface area contributed by atoms with Gasteiger partial charge in [-0.05, 0) is 80.4 Å². The van der Waals surface area contributed by atoms with Crippen LogP contribution in [0.1, 0.15) is 48.0 Å². The van der Waals surface area contributed by atoms with E-state index in [1.54, 1.807) is 31.7 Å². The smallest absolute Gasteiger partial charge is 0.339 e. The van der Waals surface area contributed by atoms with Gasteiger partial charge in [0.25, 0.3) is 0 Å². The van der Waals surface area contributed by atoms with Crippen molar-refractivity contribution in [2.24, 2.45) is 10.7 Å². The lowest BCUT2D eigenvalue weighted by molar-refractivity contribution is 0.00715. The number of aromatic nitrogens is 2. The highest BCUT2D eigenvalue weighted by Gasteiger charge is 2.21. The van der Waals surface area contributed by atoms with E-state index in [0.29, 0.717) is 28.2 Å². The third-order valence-electron chi connectivity index (χ3n) is 5.48. The third kappa shape index (κ3) is 6.38. The van der Waals surface area contributed by atoms with Crippen molar-refractivity contribution in [3.63, 3.8) is 0 Å². The average Bonchev–Trinajstić information content (AvgIpc) is 2.89. The second-order valence-electron chi connectivity index (χ2n) is 9.44. The number of carbonyl (C=O) groups excluding carboxylic acids is 1. The number of rotatable bonds is 7. The summed E-state index contributed by atoms with van der Waals surface area (Å²) >= 11 is 0. The number of aliphatic imine (C=N–C) groups is 1. The monoisotopic (exact) mass is 494 g/mol. The molecule has 0 unspecified atom stereocenters. The topological polar surface area (TPSA) is 99.7 Å². The zero-order valence-electron chi connectivity index (χ0n) is 21.4. The van der Waals surface area contributed by atoms with Crippen molar-refractivity contribution in [2.45, 2.75) is 33.0 Å². The molecule has 2 aromatic carbocycles. The first-order chi connectivity index (χ1) is 17.7. The Hall–Kier alpha value is -4.52. The van der Waals surface area contributed by atoms with Crippen LogP contribution in [0, 0.1) is 0 Å². The Morgan fingerprint density at radius 3 is 2.38 bits per heavy atom. The fourth-order valence-electron chi connectivity index (χ4n) is 3.81. The summed E-state index contributed by atoms with van der Waals surface area (Å²) in [5.41, 5.74) is 10.9. The predicted molar refractivity (Wildman–Crippen MR) is 147 cm³/mol. The van der Waals surface area contributed by atoms with Gasteiger partial charge in [0.2, 0.25) is 0 Å². The third-order valence-corrected chi connectivity index (χ3v) is 5.48. The Labute approximate surface area is 216 Å². The molecule has 4 aromatic rings. The van der Waals surface area contributed by atoms with Crippen molar-refractivity contribution < 1.29 is 14.3 Å². The molecule has 0 atom stereocenters. The largest absolute Gasteiger partial charge is 0.487 e. The number of fused-ring (bicyclic) bond motifs is 1. The van der Waals surface area contributed by atoms with Crippen LogP contribution >= 0.6 is 0 Å². The van der Waals surface area contributed by atoms with Crippen molar-refractivity contribution in [3.8, 4) is 5.75 Å². The van der Waals surface area contributed by atoms with Crippen LogP contribution in [0.15, 0.2) is 84.1 Å². The summed E-state index contributed by atoms with van der Waals surface area (Å²) in [6, 6.07) is 20.5. The molecule has 0 radical (unpaired) electrons. The van der Waals surface area contributed by atoms with Gasteiger partial charge in [-0.2, -0.15) is 0 Å². The van der Waals surface area contributed by atoms with Crippen molar-refractivity contribution in [1.82, 2.24) is 9.97 Å².